The van der Waals surface area contributed by atoms with Crippen molar-refractivity contribution in [3.05, 3.63) is 0 Å². The number of carbonyl (C=O) groups is 2. The second kappa shape index (κ2) is 3.57. The van der Waals surface area contributed by atoms with Crippen LogP contribution in [0.4, 0.5) is 0 Å². The highest BCUT2D eigenvalue weighted by Crippen LogP contribution is 2.31. The molecule has 3 atom stereocenters. The number of carboxylic acid groups (broad SMARTS) is 1. The van der Waals surface area contributed by atoms with Gasteiger partial charge in [-0.25, -0.2) is 4.79 Å². The van der Waals surface area contributed by atoms with Gasteiger partial charge in [0.25, 0.3) is 0 Å². The van der Waals surface area contributed by atoms with Crippen molar-refractivity contribution < 1.29 is 19.4 Å². The van der Waals surface area contributed by atoms with Gasteiger partial charge in [0.05, 0.1) is 0 Å². The molecule has 2 saturated heterocycles. The number of aliphatic carboxylic acids is 1. The number of amides is 1. The largest absolute Gasteiger partial charge is 0.480 e. The molecule has 0 saturated carbocycles. The molecule has 0 aliphatic carbocycles. The molecular weight excluding hydrogens is 186 g/mol. The molecule has 2 heterocycles. The molecule has 2 aliphatic rings. The third kappa shape index (κ3) is 1.59. The predicted molar refractivity (Wildman–Crippen MR) is 46.6 cm³/mol. The van der Waals surface area contributed by atoms with Gasteiger partial charge < -0.3 is 15.2 Å². The Labute approximate surface area is 81.4 Å². The molecule has 1 amide bonds. The molecule has 0 aromatic rings. The van der Waals surface area contributed by atoms with Crippen molar-refractivity contribution in [2.24, 2.45) is 11.8 Å². The zero-order valence-corrected chi connectivity index (χ0v) is 7.73. The first-order valence-electron chi connectivity index (χ1n) is 4.78. The van der Waals surface area contributed by atoms with E-state index in [0.717, 1.165) is 6.42 Å². The number of nitrogens with one attached hydrogen (secondary N) is 1. The van der Waals surface area contributed by atoms with Gasteiger partial charge in [0.15, 0.2) is 0 Å². The lowest BCUT2D eigenvalue weighted by Crippen LogP contribution is -2.39. The average molecular weight is 199 g/mol. The van der Waals surface area contributed by atoms with Gasteiger partial charge in [0.2, 0.25) is 5.91 Å². The first-order valence-corrected chi connectivity index (χ1v) is 4.78. The topological polar surface area (TPSA) is 75.6 Å². The number of hydrogen-bond acceptors (Lipinski definition) is 3. The van der Waals surface area contributed by atoms with Crippen molar-refractivity contribution in [2.75, 3.05) is 13.2 Å². The molecule has 2 fully saturated rings. The van der Waals surface area contributed by atoms with Crippen LogP contribution in [0.2, 0.25) is 0 Å². The van der Waals surface area contributed by atoms with E-state index >= 15 is 0 Å². The summed E-state index contributed by atoms with van der Waals surface area (Å²) in [5, 5.41) is 11.4. The fraction of sp³-hybridized carbons (Fsp3) is 0.778. The van der Waals surface area contributed by atoms with Crippen LogP contribution in [0.25, 0.3) is 0 Å². The minimum Gasteiger partial charge on any atom is -0.480 e. The normalized spacial score (nSPS) is 37.1. The summed E-state index contributed by atoms with van der Waals surface area (Å²) in [6, 6.07) is -0.714. The molecule has 2 rings (SSSR count). The average Bonchev–Trinajstić information content (AvgIpc) is 2.70. The van der Waals surface area contributed by atoms with Crippen LogP contribution in [0.5, 0.6) is 0 Å². The minimum atomic E-state index is -0.937. The van der Waals surface area contributed by atoms with E-state index in [4.69, 9.17) is 9.84 Å². The van der Waals surface area contributed by atoms with E-state index in [1.54, 1.807) is 0 Å². The first kappa shape index (κ1) is 9.45. The SMILES string of the molecule is O=C1CC(C2CCOC2)C(C(=O)O)N1. The lowest BCUT2D eigenvalue weighted by Gasteiger charge is -2.19. The van der Waals surface area contributed by atoms with Gasteiger partial charge >= 0.3 is 5.97 Å². The number of carboxylic acids is 1. The first-order chi connectivity index (χ1) is 6.68. The van der Waals surface area contributed by atoms with Gasteiger partial charge in [-0.15, -0.1) is 0 Å². The van der Waals surface area contributed by atoms with Gasteiger partial charge in [0, 0.05) is 25.6 Å². The number of carbonyl (C=O) groups excluding carboxylic acids is 1. The summed E-state index contributed by atoms with van der Waals surface area (Å²) in [4.78, 5) is 22.0. The summed E-state index contributed by atoms with van der Waals surface area (Å²) < 4.78 is 5.20. The van der Waals surface area contributed by atoms with Crippen LogP contribution < -0.4 is 5.32 Å². The van der Waals surface area contributed by atoms with Crippen LogP contribution in [0.1, 0.15) is 12.8 Å². The number of hydrogen-bond donors (Lipinski definition) is 2. The maximum atomic E-state index is 11.1. The van der Waals surface area contributed by atoms with Crippen LogP contribution in [-0.4, -0.2) is 36.2 Å². The van der Waals surface area contributed by atoms with Gasteiger partial charge in [0.1, 0.15) is 6.04 Å². The Morgan fingerprint density at radius 2 is 2.36 bits per heavy atom. The smallest absolute Gasteiger partial charge is 0.326 e. The van der Waals surface area contributed by atoms with Crippen molar-refractivity contribution >= 4 is 11.9 Å². The Bertz CT molecular complexity index is 260. The standard InChI is InChI=1S/C9H13NO4/c11-7-3-6(5-1-2-14-4-5)8(10-7)9(12)13/h5-6,8H,1-4H2,(H,10,11)(H,12,13). The second-order valence-corrected chi connectivity index (χ2v) is 3.88. The Kier molecular flexibility index (Phi) is 2.41. The van der Waals surface area contributed by atoms with Crippen LogP contribution >= 0.6 is 0 Å². The fourth-order valence-corrected chi connectivity index (χ4v) is 2.25. The van der Waals surface area contributed by atoms with Crippen LogP contribution in [0, 0.1) is 11.8 Å². The maximum absolute atomic E-state index is 11.1. The van der Waals surface area contributed by atoms with Crippen LogP contribution in [0.3, 0.4) is 0 Å². The molecule has 0 bridgehead atoms. The minimum absolute atomic E-state index is 0.0949. The lowest BCUT2D eigenvalue weighted by molar-refractivity contribution is -0.141. The molecule has 78 valence electrons. The Morgan fingerprint density at radius 3 is 2.93 bits per heavy atom. The molecule has 0 aromatic carbocycles. The summed E-state index contributed by atoms with van der Waals surface area (Å²) in [7, 11) is 0. The third-order valence-electron chi connectivity index (χ3n) is 3.00. The van der Waals surface area contributed by atoms with Crippen molar-refractivity contribution in [3.63, 3.8) is 0 Å². The summed E-state index contributed by atoms with van der Waals surface area (Å²) in [5.74, 6) is -0.973. The molecule has 2 aliphatic heterocycles. The van der Waals surface area contributed by atoms with Crippen molar-refractivity contribution in [1.29, 1.82) is 0 Å². The maximum Gasteiger partial charge on any atom is 0.326 e. The van der Waals surface area contributed by atoms with Gasteiger partial charge in [-0.1, -0.05) is 0 Å². The summed E-state index contributed by atoms with van der Waals surface area (Å²) in [5.41, 5.74) is 0. The molecule has 5 nitrogen and oxygen atoms in total. The number of ether oxygens (including phenoxy) is 1. The van der Waals surface area contributed by atoms with E-state index in [1.807, 2.05) is 0 Å². The van der Waals surface area contributed by atoms with Crippen molar-refractivity contribution in [2.45, 2.75) is 18.9 Å². The summed E-state index contributed by atoms with van der Waals surface area (Å²) in [6.07, 6.45) is 1.19. The van der Waals surface area contributed by atoms with Gasteiger partial charge in [-0.2, -0.15) is 0 Å². The Morgan fingerprint density at radius 1 is 1.57 bits per heavy atom. The van der Waals surface area contributed by atoms with E-state index < -0.39 is 12.0 Å². The van der Waals surface area contributed by atoms with E-state index in [1.165, 1.54) is 0 Å². The van der Waals surface area contributed by atoms with E-state index in [-0.39, 0.29) is 17.7 Å². The molecule has 5 heteroatoms. The molecule has 3 unspecified atom stereocenters. The summed E-state index contributed by atoms with van der Waals surface area (Å²) >= 11 is 0. The highest BCUT2D eigenvalue weighted by atomic mass is 16.5. The molecular formula is C9H13NO4. The van der Waals surface area contributed by atoms with E-state index in [2.05, 4.69) is 5.32 Å². The quantitative estimate of drug-likeness (QED) is 0.635. The highest BCUT2D eigenvalue weighted by molar-refractivity contribution is 5.88. The van der Waals surface area contributed by atoms with Crippen LogP contribution in [-0.2, 0) is 14.3 Å². The Balaban J connectivity index is 2.08. The van der Waals surface area contributed by atoms with Crippen molar-refractivity contribution in [3.8, 4) is 0 Å². The Hall–Kier alpha value is -1.10. The second-order valence-electron chi connectivity index (χ2n) is 3.88. The molecule has 0 aromatic heterocycles. The van der Waals surface area contributed by atoms with Crippen molar-refractivity contribution in [1.82, 2.24) is 5.32 Å². The molecule has 14 heavy (non-hydrogen) atoms. The monoisotopic (exact) mass is 199 g/mol. The van der Waals surface area contributed by atoms with Gasteiger partial charge in [-0.3, -0.25) is 4.79 Å². The highest BCUT2D eigenvalue weighted by Gasteiger charge is 2.42. The fourth-order valence-electron chi connectivity index (χ4n) is 2.25. The van der Waals surface area contributed by atoms with Crippen LogP contribution in [0.15, 0.2) is 0 Å². The predicted octanol–water partition coefficient (Wildman–Crippen LogP) is -0.388. The molecule has 0 spiro atoms. The summed E-state index contributed by atoms with van der Waals surface area (Å²) in [6.45, 7) is 1.27. The zero-order valence-electron chi connectivity index (χ0n) is 7.73. The molecule has 2 N–H and O–H groups in total. The number of rotatable bonds is 2. The zero-order chi connectivity index (χ0) is 10.1. The van der Waals surface area contributed by atoms with Gasteiger partial charge in [-0.05, 0) is 12.3 Å². The third-order valence-corrected chi connectivity index (χ3v) is 3.00. The lowest BCUT2D eigenvalue weighted by atomic mass is 9.86. The van der Waals surface area contributed by atoms with E-state index in [0.29, 0.717) is 19.6 Å². The van der Waals surface area contributed by atoms with E-state index in [9.17, 15) is 9.59 Å². The molecule has 0 radical (unpaired) electrons.